The van der Waals surface area contributed by atoms with Crippen molar-refractivity contribution >= 4 is 44.5 Å². The second kappa shape index (κ2) is 10.3. The molecule has 2 atom stereocenters. The van der Waals surface area contributed by atoms with Gasteiger partial charge in [0.2, 0.25) is 5.95 Å². The van der Waals surface area contributed by atoms with Gasteiger partial charge >= 0.3 is 6.18 Å². The maximum atomic E-state index is 14.2. The summed E-state index contributed by atoms with van der Waals surface area (Å²) in [5.74, 6) is 0.170. The van der Waals surface area contributed by atoms with Crippen molar-refractivity contribution in [1.82, 2.24) is 24.8 Å². The molecule has 238 valence electrons. The van der Waals surface area contributed by atoms with Gasteiger partial charge in [0.1, 0.15) is 16.3 Å². The summed E-state index contributed by atoms with van der Waals surface area (Å²) >= 11 is 0.702. The van der Waals surface area contributed by atoms with E-state index in [-0.39, 0.29) is 58.1 Å². The molecule has 5 aliphatic heterocycles. The van der Waals surface area contributed by atoms with Crippen molar-refractivity contribution in [2.45, 2.75) is 54.4 Å². The zero-order chi connectivity index (χ0) is 31.2. The van der Waals surface area contributed by atoms with Crippen molar-refractivity contribution in [3.8, 4) is 10.6 Å². The topological polar surface area (TPSA) is 121 Å². The molecule has 0 spiro atoms. The predicted octanol–water partition coefficient (Wildman–Crippen LogP) is 3.76. The van der Waals surface area contributed by atoms with Gasteiger partial charge in [-0.05, 0) is 44.5 Å². The number of carbonyl (C=O) groups excluding carboxylic acids is 1. The smallest absolute Gasteiger partial charge is 0.377 e. The summed E-state index contributed by atoms with van der Waals surface area (Å²) in [4.78, 5) is 32.3. The van der Waals surface area contributed by atoms with E-state index in [4.69, 9.17) is 9.72 Å². The van der Waals surface area contributed by atoms with Gasteiger partial charge in [0, 0.05) is 43.8 Å². The minimum Gasteiger partial charge on any atom is -0.377 e. The number of ether oxygens (including phenoxy) is 1. The van der Waals surface area contributed by atoms with E-state index in [1.54, 1.807) is 0 Å². The summed E-state index contributed by atoms with van der Waals surface area (Å²) < 4.78 is 74.2. The average molecular weight is 662 g/mol. The number of hydrogen-bond acceptors (Lipinski definition) is 11. The number of sulfone groups is 1. The normalized spacial score (nSPS) is 24.9. The van der Waals surface area contributed by atoms with E-state index in [0.29, 0.717) is 35.3 Å². The largest absolute Gasteiger partial charge is 0.420 e. The van der Waals surface area contributed by atoms with Gasteiger partial charge in [-0.2, -0.15) is 13.2 Å². The van der Waals surface area contributed by atoms with Crippen molar-refractivity contribution in [2.75, 3.05) is 55.9 Å². The third-order valence-corrected chi connectivity index (χ3v) is 12.5. The summed E-state index contributed by atoms with van der Waals surface area (Å²) in [5, 5.41) is 3.09. The molecule has 45 heavy (non-hydrogen) atoms. The molecule has 2 bridgehead atoms. The molecule has 2 unspecified atom stereocenters. The quantitative estimate of drug-likeness (QED) is 0.418. The van der Waals surface area contributed by atoms with Crippen LogP contribution in [0.1, 0.15) is 46.1 Å². The minimum atomic E-state index is -4.82. The number of likely N-dealkylation sites (N-methyl/N-ethyl adjacent to an activating group) is 1. The van der Waals surface area contributed by atoms with Gasteiger partial charge in [0.25, 0.3) is 5.91 Å². The molecule has 5 fully saturated rings. The molecule has 1 amide bonds. The average Bonchev–Trinajstić information content (AvgIpc) is 3.74. The third kappa shape index (κ3) is 5.05. The highest BCUT2D eigenvalue weighted by atomic mass is 32.2. The first-order valence-electron chi connectivity index (χ1n) is 14.9. The van der Waals surface area contributed by atoms with Crippen LogP contribution in [0.4, 0.5) is 30.6 Å². The van der Waals surface area contributed by atoms with E-state index < -0.39 is 33.2 Å². The first kappa shape index (κ1) is 29.1. The minimum absolute atomic E-state index is 0.00652. The number of piperidine rings is 1. The van der Waals surface area contributed by atoms with Crippen LogP contribution in [0.3, 0.4) is 0 Å². The van der Waals surface area contributed by atoms with Crippen LogP contribution in [0.2, 0.25) is 0 Å². The number of nitrogens with one attached hydrogen (secondary N) is 1. The van der Waals surface area contributed by atoms with Gasteiger partial charge in [-0.1, -0.05) is 0 Å². The lowest BCUT2D eigenvalue weighted by molar-refractivity contribution is -0.137. The molecule has 8 heterocycles. The second-order valence-corrected chi connectivity index (χ2v) is 15.5. The molecule has 1 aliphatic carbocycles. The lowest BCUT2D eigenvalue weighted by Crippen LogP contribution is -2.67. The number of halogens is 3. The maximum Gasteiger partial charge on any atom is 0.420 e. The van der Waals surface area contributed by atoms with Gasteiger partial charge < -0.3 is 19.9 Å². The number of nitrogens with zero attached hydrogens (tertiary/aromatic N) is 6. The Labute approximate surface area is 261 Å². The highest BCUT2D eigenvalue weighted by molar-refractivity contribution is 7.91. The van der Waals surface area contributed by atoms with E-state index in [1.807, 2.05) is 12.1 Å². The van der Waals surface area contributed by atoms with Crippen molar-refractivity contribution in [3.63, 3.8) is 0 Å². The number of thiophene rings is 1. The van der Waals surface area contributed by atoms with Crippen LogP contribution in [-0.2, 0) is 20.8 Å². The molecule has 3 aromatic rings. The first-order valence-corrected chi connectivity index (χ1v) is 17.4. The molecule has 9 rings (SSSR count). The van der Waals surface area contributed by atoms with Gasteiger partial charge in [0.05, 0.1) is 51.9 Å². The molecule has 0 radical (unpaired) electrons. The van der Waals surface area contributed by atoms with Crippen molar-refractivity contribution < 1.29 is 31.1 Å². The fourth-order valence-electron chi connectivity index (χ4n) is 6.54. The van der Waals surface area contributed by atoms with Crippen molar-refractivity contribution in [2.24, 2.45) is 0 Å². The second-order valence-electron chi connectivity index (χ2n) is 12.4. The molecule has 11 nitrogen and oxygen atoms in total. The van der Waals surface area contributed by atoms with Gasteiger partial charge in [0.15, 0.2) is 9.84 Å². The van der Waals surface area contributed by atoms with Crippen LogP contribution < -0.4 is 10.2 Å². The highest BCUT2D eigenvalue weighted by Crippen LogP contribution is 2.45. The SMILES string of the molecule is CN1C2CC1CN(c1ccc(Nc3ncc(C(F)(F)F)c(-c4cc5c(s4)C(=O)N(C4COC4)CCS5(=O)=O)n3)c(C3CC3)n1)C2. The molecule has 4 saturated heterocycles. The molecule has 6 aliphatic rings. The van der Waals surface area contributed by atoms with E-state index in [0.717, 1.165) is 43.5 Å². The number of hydrogen-bond donors (Lipinski definition) is 1. The zero-order valence-corrected chi connectivity index (χ0v) is 25.9. The lowest BCUT2D eigenvalue weighted by Gasteiger charge is -2.55. The molecular weight excluding hydrogens is 631 g/mol. The van der Waals surface area contributed by atoms with Crippen LogP contribution in [-0.4, -0.2) is 103 Å². The number of alkyl halides is 3. The summed E-state index contributed by atoms with van der Waals surface area (Å²) in [5.41, 5.74) is -0.175. The number of piperazine rings is 1. The Morgan fingerprint density at radius 3 is 2.49 bits per heavy atom. The Hall–Kier alpha value is -3.34. The lowest BCUT2D eigenvalue weighted by atomic mass is 9.88. The van der Waals surface area contributed by atoms with Crippen LogP contribution in [0.5, 0.6) is 0 Å². The third-order valence-electron chi connectivity index (χ3n) is 9.48. The maximum absolute atomic E-state index is 14.2. The van der Waals surface area contributed by atoms with Crippen LogP contribution in [0.25, 0.3) is 10.6 Å². The van der Waals surface area contributed by atoms with Gasteiger partial charge in [-0.25, -0.2) is 23.4 Å². The van der Waals surface area contributed by atoms with Crippen molar-refractivity contribution in [1.29, 1.82) is 0 Å². The number of fused-ring (bicyclic) bond motifs is 3. The number of amides is 1. The molecule has 3 aromatic heterocycles. The van der Waals surface area contributed by atoms with E-state index in [1.165, 1.54) is 11.3 Å². The van der Waals surface area contributed by atoms with E-state index in [2.05, 4.69) is 32.1 Å². The number of aromatic nitrogens is 3. The molecule has 1 N–H and O–H groups in total. The van der Waals surface area contributed by atoms with Crippen LogP contribution in [0, 0.1) is 0 Å². The predicted molar refractivity (Wildman–Crippen MR) is 160 cm³/mol. The Morgan fingerprint density at radius 2 is 1.84 bits per heavy atom. The summed E-state index contributed by atoms with van der Waals surface area (Å²) in [6.07, 6.45) is -1.01. The molecular formula is C29H30F3N7O4S2. The first-order chi connectivity index (χ1) is 21.5. The highest BCUT2D eigenvalue weighted by Gasteiger charge is 2.43. The molecule has 0 aromatic carbocycles. The Bertz CT molecular complexity index is 1800. The standard InChI is InChI=1S/C29H30F3N7O4S2/c1-37-16-8-17(37)12-38(11-16)23-5-4-20(24(35-23)15-2-3-15)34-28-33-10-19(29(30,31)32)25(36-28)21-9-22-26(44-21)27(40)39(18-13-43-14-18)6-7-45(22,41)42/h4-5,9-10,15-18H,2-3,6-8,11-14H2,1H3,(H,33,34,36). The zero-order valence-electron chi connectivity index (χ0n) is 24.2. The number of pyridine rings is 1. The van der Waals surface area contributed by atoms with E-state index >= 15 is 0 Å². The fraction of sp³-hybridized carbons (Fsp3) is 0.517. The van der Waals surface area contributed by atoms with Crippen LogP contribution >= 0.6 is 11.3 Å². The monoisotopic (exact) mass is 661 g/mol. The Kier molecular flexibility index (Phi) is 6.68. The summed E-state index contributed by atoms with van der Waals surface area (Å²) in [6, 6.07) is 5.68. The summed E-state index contributed by atoms with van der Waals surface area (Å²) in [7, 11) is -1.78. The molecule has 16 heteroatoms. The Balaban J connectivity index is 1.14. The van der Waals surface area contributed by atoms with Crippen LogP contribution in [0.15, 0.2) is 29.3 Å². The number of carbonyl (C=O) groups is 1. The fourth-order valence-corrected chi connectivity index (χ4v) is 9.46. The summed E-state index contributed by atoms with van der Waals surface area (Å²) in [6.45, 7) is 2.36. The Morgan fingerprint density at radius 1 is 1.09 bits per heavy atom. The number of rotatable bonds is 6. The van der Waals surface area contributed by atoms with E-state index in [9.17, 15) is 26.4 Å². The van der Waals surface area contributed by atoms with Crippen molar-refractivity contribution in [3.05, 3.63) is 40.5 Å². The van der Waals surface area contributed by atoms with Gasteiger partial charge in [-0.15, -0.1) is 11.3 Å². The molecule has 1 saturated carbocycles. The number of anilines is 3. The van der Waals surface area contributed by atoms with Gasteiger partial charge in [-0.3, -0.25) is 9.69 Å².